The second kappa shape index (κ2) is 7.08. The molecule has 0 saturated carbocycles. The molecule has 0 fully saturated rings. The van der Waals surface area contributed by atoms with Gasteiger partial charge < -0.3 is 15.2 Å². The van der Waals surface area contributed by atoms with E-state index >= 15 is 0 Å². The van der Waals surface area contributed by atoms with E-state index in [2.05, 4.69) is 5.32 Å². The molecule has 2 N–H and O–H groups in total. The van der Waals surface area contributed by atoms with Gasteiger partial charge in [0.05, 0.1) is 11.7 Å². The lowest BCUT2D eigenvalue weighted by atomic mass is 10.2. The second-order valence-electron chi connectivity index (χ2n) is 4.20. The first-order chi connectivity index (χ1) is 9.38. The number of hydrogen-bond acceptors (Lipinski definition) is 4. The van der Waals surface area contributed by atoms with Crippen molar-refractivity contribution in [3.8, 4) is 0 Å². The molecule has 6 heteroatoms. The van der Waals surface area contributed by atoms with E-state index in [4.69, 9.17) is 9.84 Å². The predicted molar refractivity (Wildman–Crippen MR) is 72.4 cm³/mol. The lowest BCUT2D eigenvalue weighted by molar-refractivity contribution is -0.131. The number of hydrogen-bond donors (Lipinski definition) is 2. The fourth-order valence-corrected chi connectivity index (χ4v) is 1.34. The molecule has 0 atom stereocenters. The molecule has 1 amide bonds. The Bertz CT molecular complexity index is 548. The summed E-state index contributed by atoms with van der Waals surface area (Å²) < 4.78 is 5.03. The number of benzene rings is 1. The van der Waals surface area contributed by atoms with Crippen molar-refractivity contribution < 1.29 is 24.2 Å². The predicted octanol–water partition coefficient (Wildman–Crippen LogP) is 1.83. The summed E-state index contributed by atoms with van der Waals surface area (Å²) in [6.07, 6.45) is 1.38. The minimum atomic E-state index is -1.21. The summed E-state index contributed by atoms with van der Waals surface area (Å²) >= 11 is 0. The van der Waals surface area contributed by atoms with Crippen molar-refractivity contribution in [2.45, 2.75) is 20.0 Å². The normalized spacial score (nSPS) is 10.6. The Labute approximate surface area is 116 Å². The first-order valence-electron chi connectivity index (χ1n) is 5.91. The molecule has 0 spiro atoms. The average molecular weight is 277 g/mol. The molecule has 0 bridgehead atoms. The number of amides is 1. The van der Waals surface area contributed by atoms with Crippen LogP contribution in [0.3, 0.4) is 0 Å². The van der Waals surface area contributed by atoms with Crippen molar-refractivity contribution in [2.24, 2.45) is 0 Å². The van der Waals surface area contributed by atoms with Crippen LogP contribution >= 0.6 is 0 Å². The quantitative estimate of drug-likeness (QED) is 0.632. The van der Waals surface area contributed by atoms with Gasteiger partial charge in [-0.05, 0) is 32.0 Å². The van der Waals surface area contributed by atoms with Crippen LogP contribution in [0.4, 0.5) is 5.69 Å². The molecule has 1 rings (SSSR count). The number of esters is 1. The third-order valence-corrected chi connectivity index (χ3v) is 2.09. The SMILES string of the molecule is CC(C)OC(=O)c1cccc(NC(=O)/C=C/C(=O)O)c1. The molecule has 0 aromatic heterocycles. The number of nitrogens with one attached hydrogen (secondary N) is 1. The maximum atomic E-state index is 11.7. The molecule has 0 heterocycles. The molecule has 20 heavy (non-hydrogen) atoms. The van der Waals surface area contributed by atoms with E-state index in [1.54, 1.807) is 32.0 Å². The fourth-order valence-electron chi connectivity index (χ4n) is 1.34. The first kappa shape index (κ1) is 15.4. The maximum absolute atomic E-state index is 11.7. The summed E-state index contributed by atoms with van der Waals surface area (Å²) in [6.45, 7) is 3.47. The fraction of sp³-hybridized carbons (Fsp3) is 0.214. The van der Waals surface area contributed by atoms with Gasteiger partial charge in [0.2, 0.25) is 5.91 Å². The van der Waals surface area contributed by atoms with Crippen molar-refractivity contribution >= 4 is 23.5 Å². The van der Waals surface area contributed by atoms with Crippen LogP contribution in [0.5, 0.6) is 0 Å². The minimum absolute atomic E-state index is 0.237. The number of carboxylic acids is 1. The Balaban J connectivity index is 2.76. The third-order valence-electron chi connectivity index (χ3n) is 2.09. The van der Waals surface area contributed by atoms with Crippen molar-refractivity contribution in [2.75, 3.05) is 5.32 Å². The average Bonchev–Trinajstić information content (AvgIpc) is 2.36. The van der Waals surface area contributed by atoms with Crippen LogP contribution in [0, 0.1) is 0 Å². The van der Waals surface area contributed by atoms with Gasteiger partial charge in [-0.1, -0.05) is 6.07 Å². The van der Waals surface area contributed by atoms with Crippen LogP contribution in [0.2, 0.25) is 0 Å². The number of rotatable bonds is 5. The van der Waals surface area contributed by atoms with Crippen LogP contribution in [-0.4, -0.2) is 29.1 Å². The Morgan fingerprint density at radius 3 is 2.55 bits per heavy atom. The molecular formula is C14H15NO5. The highest BCUT2D eigenvalue weighted by atomic mass is 16.5. The summed E-state index contributed by atoms with van der Waals surface area (Å²) in [5.41, 5.74) is 0.682. The van der Waals surface area contributed by atoms with Crippen molar-refractivity contribution in [1.29, 1.82) is 0 Å². The number of carboxylic acid groups (broad SMARTS) is 1. The van der Waals surface area contributed by atoms with E-state index in [1.165, 1.54) is 6.07 Å². The molecule has 6 nitrogen and oxygen atoms in total. The molecule has 0 aliphatic rings. The lowest BCUT2D eigenvalue weighted by Crippen LogP contribution is -2.13. The summed E-state index contributed by atoms with van der Waals surface area (Å²) in [6, 6.07) is 6.19. The largest absolute Gasteiger partial charge is 0.478 e. The molecule has 0 aliphatic carbocycles. The van der Waals surface area contributed by atoms with Crippen molar-refractivity contribution in [1.82, 2.24) is 0 Å². The summed E-state index contributed by atoms with van der Waals surface area (Å²) in [7, 11) is 0. The zero-order valence-electron chi connectivity index (χ0n) is 11.1. The topological polar surface area (TPSA) is 92.7 Å². The number of ether oxygens (including phenoxy) is 1. The molecule has 0 saturated heterocycles. The number of anilines is 1. The molecule has 1 aromatic carbocycles. The monoisotopic (exact) mass is 277 g/mol. The van der Waals surface area contributed by atoms with E-state index in [9.17, 15) is 14.4 Å². The summed E-state index contributed by atoms with van der Waals surface area (Å²) in [4.78, 5) is 33.4. The molecule has 106 valence electrons. The van der Waals surface area contributed by atoms with Crippen LogP contribution < -0.4 is 5.32 Å². The van der Waals surface area contributed by atoms with Crippen LogP contribution in [-0.2, 0) is 14.3 Å². The summed E-state index contributed by atoms with van der Waals surface area (Å²) in [5, 5.41) is 10.9. The first-order valence-corrected chi connectivity index (χ1v) is 5.91. The Morgan fingerprint density at radius 1 is 1.25 bits per heavy atom. The van der Waals surface area contributed by atoms with Gasteiger partial charge in [-0.15, -0.1) is 0 Å². The van der Waals surface area contributed by atoms with Gasteiger partial charge in [-0.25, -0.2) is 9.59 Å². The van der Waals surface area contributed by atoms with Gasteiger partial charge >= 0.3 is 11.9 Å². The van der Waals surface area contributed by atoms with Gasteiger partial charge in [0, 0.05) is 17.8 Å². The molecule has 0 aliphatic heterocycles. The highest BCUT2D eigenvalue weighted by Gasteiger charge is 2.10. The van der Waals surface area contributed by atoms with E-state index in [-0.39, 0.29) is 6.10 Å². The highest BCUT2D eigenvalue weighted by molar-refractivity contribution is 6.03. The maximum Gasteiger partial charge on any atom is 0.338 e. The standard InChI is InChI=1S/C14H15NO5/c1-9(2)20-14(19)10-4-3-5-11(8-10)15-12(16)6-7-13(17)18/h3-9H,1-2H3,(H,15,16)(H,17,18)/b7-6+. The van der Waals surface area contributed by atoms with Crippen LogP contribution in [0.15, 0.2) is 36.4 Å². The highest BCUT2D eigenvalue weighted by Crippen LogP contribution is 2.12. The third kappa shape index (κ3) is 5.34. The molecular weight excluding hydrogens is 262 g/mol. The zero-order valence-corrected chi connectivity index (χ0v) is 11.1. The summed E-state index contributed by atoms with van der Waals surface area (Å²) in [5.74, 6) is -2.30. The van der Waals surface area contributed by atoms with E-state index in [1.807, 2.05) is 0 Å². The van der Waals surface area contributed by atoms with Gasteiger partial charge in [0.15, 0.2) is 0 Å². The van der Waals surface area contributed by atoms with Gasteiger partial charge in [0.1, 0.15) is 0 Å². The minimum Gasteiger partial charge on any atom is -0.478 e. The van der Waals surface area contributed by atoms with E-state index in [0.717, 1.165) is 12.2 Å². The molecule has 0 unspecified atom stereocenters. The Morgan fingerprint density at radius 2 is 1.95 bits per heavy atom. The van der Waals surface area contributed by atoms with Gasteiger partial charge in [0.25, 0.3) is 0 Å². The van der Waals surface area contributed by atoms with Crippen LogP contribution in [0.25, 0.3) is 0 Å². The van der Waals surface area contributed by atoms with Crippen LogP contribution in [0.1, 0.15) is 24.2 Å². The number of aliphatic carboxylic acids is 1. The molecule has 1 aromatic rings. The Hall–Kier alpha value is -2.63. The number of carbonyl (C=O) groups is 3. The van der Waals surface area contributed by atoms with Gasteiger partial charge in [-0.3, -0.25) is 4.79 Å². The zero-order chi connectivity index (χ0) is 15.1. The second-order valence-corrected chi connectivity index (χ2v) is 4.20. The molecule has 0 radical (unpaired) electrons. The van der Waals surface area contributed by atoms with Crippen molar-refractivity contribution in [3.05, 3.63) is 42.0 Å². The van der Waals surface area contributed by atoms with E-state index < -0.39 is 17.8 Å². The van der Waals surface area contributed by atoms with Gasteiger partial charge in [-0.2, -0.15) is 0 Å². The number of carbonyl (C=O) groups excluding carboxylic acids is 2. The smallest absolute Gasteiger partial charge is 0.338 e. The van der Waals surface area contributed by atoms with E-state index in [0.29, 0.717) is 11.3 Å². The Kier molecular flexibility index (Phi) is 5.46. The van der Waals surface area contributed by atoms with Crippen molar-refractivity contribution in [3.63, 3.8) is 0 Å². The lowest BCUT2D eigenvalue weighted by Gasteiger charge is -2.09.